The summed E-state index contributed by atoms with van der Waals surface area (Å²) in [7, 11) is 0. The molecule has 134 valence electrons. The summed E-state index contributed by atoms with van der Waals surface area (Å²) in [5, 5.41) is 11.1. The van der Waals surface area contributed by atoms with E-state index in [2.05, 4.69) is 0 Å². The smallest absolute Gasteiger partial charge is 0.288 e. The summed E-state index contributed by atoms with van der Waals surface area (Å²) < 4.78 is 0. The van der Waals surface area contributed by atoms with Gasteiger partial charge in [0, 0.05) is 30.3 Å². The molecule has 26 heavy (non-hydrogen) atoms. The number of hydrogen-bond acceptors (Lipinski definition) is 4. The van der Waals surface area contributed by atoms with Crippen LogP contribution in [0.2, 0.25) is 5.02 Å². The number of nitro groups is 1. The molecule has 2 aromatic carbocycles. The molecule has 0 atom stereocenters. The lowest BCUT2D eigenvalue weighted by atomic mass is 10.1. The molecule has 0 unspecified atom stereocenters. The molecule has 1 fully saturated rings. The van der Waals surface area contributed by atoms with Gasteiger partial charge in [0.15, 0.2) is 0 Å². The summed E-state index contributed by atoms with van der Waals surface area (Å²) in [5.74, 6) is -0.448. The first-order chi connectivity index (χ1) is 12.5. The summed E-state index contributed by atoms with van der Waals surface area (Å²) in [6.45, 7) is 0.675. The van der Waals surface area contributed by atoms with E-state index < -0.39 is 10.8 Å². The lowest BCUT2D eigenvalue weighted by Crippen LogP contribution is -2.42. The predicted molar refractivity (Wildman–Crippen MR) is 97.2 cm³/mol. The predicted octanol–water partition coefficient (Wildman–Crippen LogP) is 3.47. The van der Waals surface area contributed by atoms with Crippen molar-refractivity contribution in [1.82, 2.24) is 4.90 Å². The van der Waals surface area contributed by atoms with Gasteiger partial charge in [0.05, 0.1) is 4.92 Å². The van der Waals surface area contributed by atoms with E-state index in [1.165, 1.54) is 17.0 Å². The van der Waals surface area contributed by atoms with E-state index in [1.54, 1.807) is 29.2 Å². The second-order valence-electron chi connectivity index (χ2n) is 5.89. The molecule has 1 aliphatic heterocycles. The fourth-order valence-corrected chi connectivity index (χ4v) is 3.02. The van der Waals surface area contributed by atoms with Crippen LogP contribution < -0.4 is 4.90 Å². The van der Waals surface area contributed by atoms with Gasteiger partial charge in [-0.05, 0) is 30.7 Å². The number of nitrogens with zero attached hydrogens (tertiary/aromatic N) is 3. The molecule has 1 saturated heterocycles. The van der Waals surface area contributed by atoms with Crippen molar-refractivity contribution >= 4 is 34.8 Å². The van der Waals surface area contributed by atoms with Crippen LogP contribution >= 0.6 is 11.6 Å². The minimum atomic E-state index is -0.629. The van der Waals surface area contributed by atoms with Gasteiger partial charge in [0.1, 0.15) is 11.7 Å². The number of halogens is 1. The monoisotopic (exact) mass is 373 g/mol. The highest BCUT2D eigenvalue weighted by Crippen LogP contribution is 2.27. The molecule has 8 heteroatoms. The van der Waals surface area contributed by atoms with Gasteiger partial charge in [-0.3, -0.25) is 24.6 Å². The van der Waals surface area contributed by atoms with E-state index in [1.807, 2.05) is 6.07 Å². The van der Waals surface area contributed by atoms with Crippen molar-refractivity contribution in [3.8, 4) is 0 Å². The summed E-state index contributed by atoms with van der Waals surface area (Å²) in [6.07, 6.45) is 1.21. The van der Waals surface area contributed by atoms with Gasteiger partial charge >= 0.3 is 0 Å². The molecule has 0 bridgehead atoms. The molecule has 2 amide bonds. The van der Waals surface area contributed by atoms with Crippen molar-refractivity contribution in [3.63, 3.8) is 0 Å². The molecule has 3 rings (SSSR count). The van der Waals surface area contributed by atoms with E-state index in [-0.39, 0.29) is 28.8 Å². The number of carbonyl (C=O) groups excluding carboxylic acids is 2. The third-order valence-corrected chi connectivity index (χ3v) is 4.51. The fraction of sp³-hybridized carbons (Fsp3) is 0.222. The molecular formula is C18H16ClN3O4. The molecule has 1 aliphatic rings. The van der Waals surface area contributed by atoms with Gasteiger partial charge in [-0.15, -0.1) is 0 Å². The van der Waals surface area contributed by atoms with Crippen molar-refractivity contribution in [1.29, 1.82) is 0 Å². The molecule has 0 spiro atoms. The Balaban J connectivity index is 1.96. The van der Waals surface area contributed by atoms with Crippen LogP contribution in [0.3, 0.4) is 0 Å². The van der Waals surface area contributed by atoms with E-state index in [4.69, 9.17) is 11.6 Å². The summed E-state index contributed by atoms with van der Waals surface area (Å²) >= 11 is 5.83. The van der Waals surface area contributed by atoms with Crippen molar-refractivity contribution in [2.75, 3.05) is 18.1 Å². The molecule has 0 N–H and O–H groups in total. The van der Waals surface area contributed by atoms with Crippen LogP contribution in [0.1, 0.15) is 23.2 Å². The number of amides is 2. The van der Waals surface area contributed by atoms with Crippen LogP contribution in [0.5, 0.6) is 0 Å². The summed E-state index contributed by atoms with van der Waals surface area (Å²) in [5.41, 5.74) is 0.411. The Labute approximate surface area is 154 Å². The standard InChI is InChI=1S/C18H16ClN3O4/c19-15-9-8-13(11-16(15)22(25)26)18(24)21(14-5-2-1-3-6-14)12-20-10-4-7-17(20)23/h1-3,5-6,8-9,11H,4,7,10,12H2. The second kappa shape index (κ2) is 7.53. The number of rotatable bonds is 5. The molecule has 1 heterocycles. The quantitative estimate of drug-likeness (QED) is 0.593. The third-order valence-electron chi connectivity index (χ3n) is 4.19. The molecule has 0 saturated carbocycles. The number of likely N-dealkylation sites (tertiary alicyclic amines) is 1. The number of benzene rings is 2. The maximum atomic E-state index is 13.0. The molecular weight excluding hydrogens is 358 g/mol. The van der Waals surface area contributed by atoms with E-state index in [0.717, 1.165) is 12.5 Å². The largest absolute Gasteiger partial charge is 0.324 e. The topological polar surface area (TPSA) is 83.8 Å². The first kappa shape index (κ1) is 17.9. The molecule has 0 aliphatic carbocycles. The van der Waals surface area contributed by atoms with Crippen molar-refractivity contribution in [3.05, 3.63) is 69.2 Å². The second-order valence-corrected chi connectivity index (χ2v) is 6.30. The van der Waals surface area contributed by atoms with Crippen LogP contribution in [-0.2, 0) is 4.79 Å². The van der Waals surface area contributed by atoms with Gasteiger partial charge in [0.2, 0.25) is 5.91 Å². The van der Waals surface area contributed by atoms with Gasteiger partial charge in [-0.25, -0.2) is 0 Å². The number of carbonyl (C=O) groups is 2. The molecule has 2 aromatic rings. The first-order valence-electron chi connectivity index (χ1n) is 8.06. The van der Waals surface area contributed by atoms with Crippen LogP contribution in [0.4, 0.5) is 11.4 Å². The van der Waals surface area contributed by atoms with Gasteiger partial charge in [-0.1, -0.05) is 29.8 Å². The van der Waals surface area contributed by atoms with Crippen LogP contribution in [0, 0.1) is 10.1 Å². The van der Waals surface area contributed by atoms with E-state index in [0.29, 0.717) is 18.7 Å². The van der Waals surface area contributed by atoms with Crippen molar-refractivity contribution < 1.29 is 14.5 Å². The van der Waals surface area contributed by atoms with Crippen LogP contribution in [-0.4, -0.2) is 34.9 Å². The lowest BCUT2D eigenvalue weighted by Gasteiger charge is -2.28. The Morgan fingerprint density at radius 3 is 2.58 bits per heavy atom. The Kier molecular flexibility index (Phi) is 5.18. The minimum Gasteiger partial charge on any atom is -0.324 e. The molecule has 0 aromatic heterocycles. The average molecular weight is 374 g/mol. The summed E-state index contributed by atoms with van der Waals surface area (Å²) in [6, 6.07) is 12.8. The highest BCUT2D eigenvalue weighted by Gasteiger charge is 2.27. The molecule has 7 nitrogen and oxygen atoms in total. The highest BCUT2D eigenvalue weighted by atomic mass is 35.5. The Bertz CT molecular complexity index is 857. The van der Waals surface area contributed by atoms with Crippen molar-refractivity contribution in [2.24, 2.45) is 0 Å². The number of hydrogen-bond donors (Lipinski definition) is 0. The Hall–Kier alpha value is -2.93. The van der Waals surface area contributed by atoms with E-state index >= 15 is 0 Å². The Morgan fingerprint density at radius 1 is 1.23 bits per heavy atom. The summed E-state index contributed by atoms with van der Waals surface area (Å²) in [4.78, 5) is 38.5. The Morgan fingerprint density at radius 2 is 1.96 bits per heavy atom. The van der Waals surface area contributed by atoms with Gasteiger partial charge in [0.25, 0.3) is 11.6 Å². The number of anilines is 1. The highest BCUT2D eigenvalue weighted by molar-refractivity contribution is 6.32. The van der Waals surface area contributed by atoms with Crippen molar-refractivity contribution in [2.45, 2.75) is 12.8 Å². The number of para-hydroxylation sites is 1. The zero-order chi connectivity index (χ0) is 18.7. The van der Waals surface area contributed by atoms with Crippen LogP contribution in [0.25, 0.3) is 0 Å². The SMILES string of the molecule is O=C1CCCN1CN(C(=O)c1ccc(Cl)c([N+](=O)[O-])c1)c1ccccc1. The maximum Gasteiger partial charge on any atom is 0.288 e. The van der Waals surface area contributed by atoms with E-state index in [9.17, 15) is 19.7 Å². The van der Waals surface area contributed by atoms with Crippen LogP contribution in [0.15, 0.2) is 48.5 Å². The fourth-order valence-electron chi connectivity index (χ4n) is 2.84. The maximum absolute atomic E-state index is 13.0. The number of nitro benzene ring substituents is 1. The normalized spacial score (nSPS) is 13.7. The third kappa shape index (κ3) is 3.67. The zero-order valence-corrected chi connectivity index (χ0v) is 14.6. The molecule has 0 radical (unpaired) electrons. The zero-order valence-electron chi connectivity index (χ0n) is 13.8. The first-order valence-corrected chi connectivity index (χ1v) is 8.44. The average Bonchev–Trinajstić information content (AvgIpc) is 3.04. The minimum absolute atomic E-state index is 0.0131. The van der Waals surface area contributed by atoms with Gasteiger partial charge in [-0.2, -0.15) is 0 Å². The van der Waals surface area contributed by atoms with Gasteiger partial charge < -0.3 is 4.90 Å². The lowest BCUT2D eigenvalue weighted by molar-refractivity contribution is -0.384.